The minimum atomic E-state index is -0.604. The molecular weight excluding hydrogens is 370 g/mol. The molecule has 0 radical (unpaired) electrons. The molecule has 0 unspecified atom stereocenters. The van der Waals surface area contributed by atoms with E-state index in [1.54, 1.807) is 45.2 Å². The third kappa shape index (κ3) is 5.14. The normalized spacial score (nSPS) is 11.4. The van der Waals surface area contributed by atoms with Gasteiger partial charge in [0.15, 0.2) is 0 Å². The van der Waals surface area contributed by atoms with E-state index in [1.807, 2.05) is 30.3 Å². The molecule has 152 valence electrons. The Morgan fingerprint density at radius 3 is 2.48 bits per heavy atom. The minimum Gasteiger partial charge on any atom is -0.443 e. The molecule has 0 aliphatic carbocycles. The van der Waals surface area contributed by atoms with Crippen molar-refractivity contribution in [3.63, 3.8) is 0 Å². The molecule has 0 bridgehead atoms. The van der Waals surface area contributed by atoms with E-state index in [0.29, 0.717) is 28.9 Å². The van der Waals surface area contributed by atoms with Crippen LogP contribution in [0.25, 0.3) is 10.9 Å². The first-order valence-corrected chi connectivity index (χ1v) is 9.29. The molecule has 29 heavy (non-hydrogen) atoms. The third-order valence-corrected chi connectivity index (χ3v) is 4.12. The molecule has 2 aromatic carbocycles. The van der Waals surface area contributed by atoms with Gasteiger partial charge in [0.05, 0.1) is 23.5 Å². The largest absolute Gasteiger partial charge is 0.443 e. The molecule has 7 heteroatoms. The van der Waals surface area contributed by atoms with Crippen molar-refractivity contribution in [3.8, 4) is 0 Å². The van der Waals surface area contributed by atoms with Gasteiger partial charge < -0.3 is 20.5 Å². The number of benzene rings is 2. The van der Waals surface area contributed by atoms with Gasteiger partial charge in [-0.15, -0.1) is 0 Å². The van der Waals surface area contributed by atoms with E-state index in [2.05, 4.69) is 5.32 Å². The summed E-state index contributed by atoms with van der Waals surface area (Å²) in [5.41, 5.74) is 8.04. The molecule has 0 atom stereocenters. The fourth-order valence-corrected chi connectivity index (χ4v) is 2.84. The number of rotatable bonds is 5. The number of anilines is 2. The predicted octanol–water partition coefficient (Wildman–Crippen LogP) is 4.16. The highest BCUT2D eigenvalue weighted by atomic mass is 16.6. The molecule has 3 aromatic rings. The van der Waals surface area contributed by atoms with Gasteiger partial charge in [-0.25, -0.2) is 4.79 Å². The molecule has 1 heterocycles. The number of aromatic nitrogens is 1. The Labute approximate surface area is 169 Å². The van der Waals surface area contributed by atoms with E-state index in [9.17, 15) is 9.59 Å². The van der Waals surface area contributed by atoms with E-state index in [0.717, 1.165) is 5.56 Å². The van der Waals surface area contributed by atoms with Crippen LogP contribution in [0.5, 0.6) is 0 Å². The van der Waals surface area contributed by atoms with Crippen LogP contribution in [0.4, 0.5) is 16.2 Å². The number of carbonyl (C=O) groups is 2. The summed E-state index contributed by atoms with van der Waals surface area (Å²) >= 11 is 0. The van der Waals surface area contributed by atoms with Crippen LogP contribution in [0.15, 0.2) is 54.7 Å². The monoisotopic (exact) mass is 395 g/mol. The van der Waals surface area contributed by atoms with Crippen LogP contribution in [0.1, 0.15) is 26.3 Å². The predicted molar refractivity (Wildman–Crippen MR) is 113 cm³/mol. The first-order valence-electron chi connectivity index (χ1n) is 9.29. The number of fused-ring (bicyclic) bond motifs is 1. The smallest absolute Gasteiger partial charge is 0.418 e. The van der Waals surface area contributed by atoms with Crippen LogP contribution < -0.4 is 11.1 Å². The van der Waals surface area contributed by atoms with Gasteiger partial charge in [0.2, 0.25) is 5.91 Å². The molecule has 0 spiro atoms. The van der Waals surface area contributed by atoms with Crippen molar-refractivity contribution >= 4 is 34.3 Å². The number of amides is 1. The molecule has 0 fully saturated rings. The fraction of sp³-hybridized carbons (Fsp3) is 0.273. The van der Waals surface area contributed by atoms with Crippen molar-refractivity contribution in [1.29, 1.82) is 0 Å². The van der Waals surface area contributed by atoms with Gasteiger partial charge in [-0.3, -0.25) is 9.36 Å². The lowest BCUT2D eigenvalue weighted by atomic mass is 10.2. The lowest BCUT2D eigenvalue weighted by Crippen LogP contribution is -2.26. The van der Waals surface area contributed by atoms with Gasteiger partial charge in [-0.2, -0.15) is 0 Å². The average molecular weight is 395 g/mol. The summed E-state index contributed by atoms with van der Waals surface area (Å²) in [5, 5.41) is 3.40. The molecule has 3 N–H and O–H groups in total. The van der Waals surface area contributed by atoms with Crippen molar-refractivity contribution < 1.29 is 19.1 Å². The third-order valence-electron chi connectivity index (χ3n) is 4.12. The highest BCUT2D eigenvalue weighted by Crippen LogP contribution is 2.30. The number of hydrogen-bond acceptors (Lipinski definition) is 5. The number of nitrogen functional groups attached to an aromatic ring is 1. The summed E-state index contributed by atoms with van der Waals surface area (Å²) in [4.78, 5) is 24.5. The number of nitrogens with two attached hydrogens (primary N) is 1. The van der Waals surface area contributed by atoms with Crippen molar-refractivity contribution in [2.24, 2.45) is 0 Å². The number of hydrogen-bond donors (Lipinski definition) is 2. The van der Waals surface area contributed by atoms with Crippen LogP contribution in [0.3, 0.4) is 0 Å². The van der Waals surface area contributed by atoms with E-state index in [4.69, 9.17) is 15.2 Å². The minimum absolute atomic E-state index is 0.0920. The molecule has 0 saturated heterocycles. The van der Waals surface area contributed by atoms with Crippen LogP contribution in [0.2, 0.25) is 0 Å². The average Bonchev–Trinajstić information content (AvgIpc) is 3.08. The van der Waals surface area contributed by atoms with E-state index < -0.39 is 11.7 Å². The summed E-state index contributed by atoms with van der Waals surface area (Å²) in [6.07, 6.45) is 1.11. The van der Waals surface area contributed by atoms with Gasteiger partial charge in [0, 0.05) is 11.6 Å². The zero-order valence-electron chi connectivity index (χ0n) is 16.8. The Balaban J connectivity index is 1.67. The second kappa shape index (κ2) is 8.36. The number of nitrogens with zero attached hydrogens (tertiary/aromatic N) is 1. The zero-order valence-corrected chi connectivity index (χ0v) is 16.8. The summed E-state index contributed by atoms with van der Waals surface area (Å²) in [6, 6.07) is 14.7. The lowest BCUT2D eigenvalue weighted by molar-refractivity contribution is -0.121. The maximum absolute atomic E-state index is 12.4. The topological polar surface area (TPSA) is 95.6 Å². The molecule has 0 aliphatic heterocycles. The Morgan fingerprint density at radius 2 is 1.79 bits per heavy atom. The molecule has 1 aromatic heterocycles. The van der Waals surface area contributed by atoms with Gasteiger partial charge in [0.1, 0.15) is 12.2 Å². The highest BCUT2D eigenvalue weighted by Gasteiger charge is 2.20. The Kier molecular flexibility index (Phi) is 5.89. The van der Waals surface area contributed by atoms with Gasteiger partial charge in [0.25, 0.3) is 0 Å². The molecule has 1 amide bonds. The van der Waals surface area contributed by atoms with Crippen molar-refractivity contribution in [1.82, 2.24) is 4.57 Å². The molecule has 0 aliphatic rings. The van der Waals surface area contributed by atoms with Crippen LogP contribution in [-0.4, -0.2) is 28.8 Å². The number of carbonyl (C=O) groups excluding carboxylic acids is 2. The van der Waals surface area contributed by atoms with E-state index in [1.165, 1.54) is 4.57 Å². The first kappa shape index (κ1) is 20.4. The van der Waals surface area contributed by atoms with Gasteiger partial charge in [-0.1, -0.05) is 30.3 Å². The summed E-state index contributed by atoms with van der Waals surface area (Å²) in [5.74, 6) is -0.307. The molecule has 3 rings (SSSR count). The summed E-state index contributed by atoms with van der Waals surface area (Å²) < 4.78 is 12.2. The molecule has 0 saturated carbocycles. The van der Waals surface area contributed by atoms with E-state index in [-0.39, 0.29) is 12.5 Å². The standard InChI is InChI=1S/C22H25N3O4/c1-22(2,3)29-21(27)25-12-11-16-18(25)10-9-17(20(16)23)24-19(26)14-28-13-15-7-5-4-6-8-15/h4-12H,13-14,23H2,1-3H3,(H,24,26). The Hall–Kier alpha value is -3.32. The van der Waals surface area contributed by atoms with Crippen molar-refractivity contribution in [2.45, 2.75) is 33.0 Å². The SMILES string of the molecule is CC(C)(C)OC(=O)n1ccc2c(N)c(NC(=O)COCc3ccccc3)ccc21. The maximum Gasteiger partial charge on any atom is 0.418 e. The van der Waals surface area contributed by atoms with Crippen molar-refractivity contribution in [2.75, 3.05) is 17.7 Å². The second-order valence-corrected chi connectivity index (χ2v) is 7.65. The number of ether oxygens (including phenoxy) is 2. The van der Waals surface area contributed by atoms with E-state index >= 15 is 0 Å². The fourth-order valence-electron chi connectivity index (χ4n) is 2.84. The zero-order chi connectivity index (χ0) is 21.0. The summed E-state index contributed by atoms with van der Waals surface area (Å²) in [7, 11) is 0. The Morgan fingerprint density at radius 1 is 1.07 bits per heavy atom. The molecular formula is C22H25N3O4. The quantitative estimate of drug-likeness (QED) is 0.633. The first-order chi connectivity index (χ1) is 13.7. The molecule has 7 nitrogen and oxygen atoms in total. The van der Waals surface area contributed by atoms with Crippen LogP contribution in [0, 0.1) is 0 Å². The number of nitrogens with one attached hydrogen (secondary N) is 1. The van der Waals surface area contributed by atoms with Crippen LogP contribution >= 0.6 is 0 Å². The second-order valence-electron chi connectivity index (χ2n) is 7.65. The van der Waals surface area contributed by atoms with Crippen LogP contribution in [-0.2, 0) is 20.9 Å². The highest BCUT2D eigenvalue weighted by molar-refractivity contribution is 6.05. The maximum atomic E-state index is 12.4. The Bertz CT molecular complexity index is 1020. The summed E-state index contributed by atoms with van der Waals surface area (Å²) in [6.45, 7) is 5.67. The lowest BCUT2D eigenvalue weighted by Gasteiger charge is -2.20. The van der Waals surface area contributed by atoms with Crippen molar-refractivity contribution in [3.05, 3.63) is 60.3 Å². The van der Waals surface area contributed by atoms with Gasteiger partial charge >= 0.3 is 6.09 Å². The van der Waals surface area contributed by atoms with Gasteiger partial charge in [-0.05, 0) is 44.5 Å².